The van der Waals surface area contributed by atoms with Crippen molar-refractivity contribution in [2.24, 2.45) is 10.1 Å². The van der Waals surface area contributed by atoms with Crippen LogP contribution in [0, 0.1) is 0 Å². The molecule has 0 bridgehead atoms. The molecule has 40 heavy (non-hydrogen) atoms. The van der Waals surface area contributed by atoms with Gasteiger partial charge in [0.05, 0.1) is 13.2 Å². The molecule has 226 valence electrons. The van der Waals surface area contributed by atoms with Crippen molar-refractivity contribution in [3.63, 3.8) is 0 Å². The van der Waals surface area contributed by atoms with Gasteiger partial charge in [-0.05, 0) is 31.2 Å². The normalized spacial score (nSPS) is 35.0. The van der Waals surface area contributed by atoms with E-state index >= 15 is 0 Å². The molecule has 20 heteroatoms. The number of ether oxygens (including phenoxy) is 4. The van der Waals surface area contributed by atoms with Crippen molar-refractivity contribution in [3.05, 3.63) is 10.4 Å². The summed E-state index contributed by atoms with van der Waals surface area (Å²) in [4.78, 5) is 6.47. The van der Waals surface area contributed by atoms with Gasteiger partial charge in [-0.25, -0.2) is 4.18 Å². The first-order chi connectivity index (χ1) is 18.4. The van der Waals surface area contributed by atoms with Crippen molar-refractivity contribution in [1.82, 2.24) is 0 Å². The second-order valence-corrected chi connectivity index (χ2v) is 10.0. The molecule has 0 amide bonds. The first-order valence-electron chi connectivity index (χ1n) is 12.1. The largest absolute Gasteiger partial charge is 1.00 e. The second-order valence-electron chi connectivity index (χ2n) is 8.92. The van der Waals surface area contributed by atoms with Gasteiger partial charge in [0.2, 0.25) is 0 Å². The van der Waals surface area contributed by atoms with Crippen molar-refractivity contribution in [2.45, 2.75) is 94.0 Å². The molecule has 18 nitrogen and oxygen atoms in total. The molecule has 0 saturated carbocycles. The molecule has 10 atom stereocenters. The molecule has 0 spiro atoms. The minimum Gasteiger partial charge on any atom is -0.862 e. The number of hydrogen-bond donors (Lipinski definition) is 6. The van der Waals surface area contributed by atoms with E-state index in [0.717, 1.165) is 13.3 Å². The summed E-state index contributed by atoms with van der Waals surface area (Å²) in [5, 5.41) is 66.1. The Hall–Kier alpha value is -0.710. The molecule has 2 aliphatic rings. The third-order valence-corrected chi connectivity index (χ3v) is 6.42. The zero-order chi connectivity index (χ0) is 29.2. The molecule has 0 aromatic rings. The number of nitrogens with zero attached hydrogens (tertiary/aromatic N) is 4. The number of aliphatic imine (C=N–C) groups is 1. The van der Waals surface area contributed by atoms with E-state index in [9.17, 15) is 39.1 Å². The molecule has 6 N–H and O–H groups in total. The van der Waals surface area contributed by atoms with Gasteiger partial charge in [0.15, 0.2) is 12.6 Å². The van der Waals surface area contributed by atoms with E-state index in [0.29, 0.717) is 25.8 Å². The average molecular weight is 611 g/mol. The van der Waals surface area contributed by atoms with Crippen molar-refractivity contribution in [2.75, 3.05) is 26.4 Å². The van der Waals surface area contributed by atoms with Gasteiger partial charge < -0.3 is 49.6 Å². The molecule has 0 radical (unpaired) electrons. The maximum Gasteiger partial charge on any atom is 1.00 e. The van der Waals surface area contributed by atoms with Crippen LogP contribution in [0.2, 0.25) is 0 Å². The van der Waals surface area contributed by atoms with Crippen molar-refractivity contribution in [3.8, 4) is 0 Å². The van der Waals surface area contributed by atoms with Gasteiger partial charge in [0.1, 0.15) is 48.8 Å². The van der Waals surface area contributed by atoms with Gasteiger partial charge in [-0.3, -0.25) is 9.55 Å². The minimum absolute atomic E-state index is 0. The van der Waals surface area contributed by atoms with Crippen LogP contribution >= 0.6 is 0 Å². The van der Waals surface area contributed by atoms with Crippen molar-refractivity contribution < 1.29 is 96.3 Å². The molecular weight excluding hydrogens is 575 g/mol. The summed E-state index contributed by atoms with van der Waals surface area (Å²) in [6, 6.07) is -1.40. The Balaban J connectivity index is 0.00000800. The van der Waals surface area contributed by atoms with Crippen LogP contribution in [0.1, 0.15) is 32.6 Å². The smallest absolute Gasteiger partial charge is 0.862 e. The summed E-state index contributed by atoms with van der Waals surface area (Å²) < 4.78 is 58.0. The second kappa shape index (κ2) is 18.1. The zero-order valence-electron chi connectivity index (χ0n) is 22.1. The van der Waals surface area contributed by atoms with Gasteiger partial charge in [-0.2, -0.15) is 8.42 Å². The van der Waals surface area contributed by atoms with Crippen LogP contribution < -0.4 is 34.7 Å². The Morgan fingerprint density at radius 3 is 2.25 bits per heavy atom. The Kier molecular flexibility index (Phi) is 16.9. The molecule has 2 aliphatic heterocycles. The predicted molar refractivity (Wildman–Crippen MR) is 126 cm³/mol. The molecule has 2 rings (SSSR count). The Morgan fingerprint density at radius 1 is 1.00 bits per heavy atom. The fraction of sp³-hybridized carbons (Fsp3) is 0.950. The summed E-state index contributed by atoms with van der Waals surface area (Å²) in [5.74, 6) is -0.714. The van der Waals surface area contributed by atoms with Crippen molar-refractivity contribution in [1.29, 1.82) is 0 Å². The summed E-state index contributed by atoms with van der Waals surface area (Å²) in [6.45, 7) is -0.154. The minimum atomic E-state index is -4.97. The topological polar surface area (TPSA) is 286 Å². The van der Waals surface area contributed by atoms with E-state index in [4.69, 9.17) is 29.0 Å². The Labute approximate surface area is 252 Å². The molecule has 0 aromatic heterocycles. The maximum absolute atomic E-state index is 11.8. The van der Waals surface area contributed by atoms with Crippen LogP contribution in [0.5, 0.6) is 0 Å². The van der Waals surface area contributed by atoms with Crippen LogP contribution in [0.15, 0.2) is 10.1 Å². The fourth-order valence-electron chi connectivity index (χ4n) is 4.06. The predicted octanol–water partition coefficient (Wildman–Crippen LogP) is -5.88. The van der Waals surface area contributed by atoms with E-state index in [1.54, 1.807) is 0 Å². The summed E-state index contributed by atoms with van der Waals surface area (Å²) in [6.07, 6.45) is -12.2. The van der Waals surface area contributed by atoms with E-state index in [-0.39, 0.29) is 36.2 Å². The molecule has 2 heterocycles. The molecule has 0 aromatic carbocycles. The van der Waals surface area contributed by atoms with Crippen LogP contribution in [0.3, 0.4) is 0 Å². The molecule has 0 unspecified atom stereocenters. The van der Waals surface area contributed by atoms with Gasteiger partial charge in [0.25, 0.3) is 0 Å². The number of aliphatic hydroxyl groups is 5. The average Bonchev–Trinajstić information content (AvgIpc) is 2.87. The quantitative estimate of drug-likeness (QED) is 0.0147. The number of azide groups is 1. The molecule has 2 saturated heterocycles. The third kappa shape index (κ3) is 11.5. The zero-order valence-corrected chi connectivity index (χ0v) is 24.9. The van der Waals surface area contributed by atoms with Gasteiger partial charge >= 0.3 is 40.0 Å². The SMILES string of the molecule is CC([O-])=N[C@H]1[C@H](OCCCCCCN=[N+]=[N-])O[C@H](COS(=O)(=O)O)[C@@H](O[C@@H]2O[C@H](CO)[C@H](O)[C@H](O)[C@H]2O)[C@@H]1O.[Na+]. The maximum atomic E-state index is 11.8. The van der Waals surface area contributed by atoms with Crippen molar-refractivity contribution >= 4 is 16.3 Å². The van der Waals surface area contributed by atoms with E-state index in [1.165, 1.54) is 0 Å². The number of hydrogen-bond acceptors (Lipinski definition) is 15. The van der Waals surface area contributed by atoms with Gasteiger partial charge in [-0.15, -0.1) is 0 Å². The first-order valence-corrected chi connectivity index (χ1v) is 13.5. The van der Waals surface area contributed by atoms with Crippen LogP contribution in [-0.4, -0.2) is 132 Å². The standard InChI is InChI=1S/C20H36N4O14S.Na/c1-10(26)23-13-15(28)18(38-20-17(30)16(29)14(27)11(8-25)36-20)12(9-35-39(31,32)33)37-19(13)34-7-5-3-2-4-6-22-24-21;/h11-20,25,27-30H,2-9H2,1H3,(H,23,26)(H,31,32,33);/q;+1/p-1/t11-,12-,13-,14+,15-,16+,17-,18-,19-,20+;/m1./s1. The number of unbranched alkanes of at least 4 members (excludes halogenated alkanes) is 3. The van der Waals surface area contributed by atoms with Gasteiger partial charge in [-0.1, -0.05) is 18.0 Å². The van der Waals surface area contributed by atoms with Crippen LogP contribution in [0.25, 0.3) is 10.4 Å². The molecule has 2 fully saturated rings. The monoisotopic (exact) mass is 610 g/mol. The summed E-state index contributed by atoms with van der Waals surface area (Å²) >= 11 is 0. The van der Waals surface area contributed by atoms with Crippen LogP contribution in [0.4, 0.5) is 0 Å². The molecular formula is C20H35N4NaO14S. The third-order valence-electron chi connectivity index (χ3n) is 5.99. The van der Waals surface area contributed by atoms with E-state index in [1.807, 2.05) is 0 Å². The van der Waals surface area contributed by atoms with Crippen LogP contribution in [-0.2, 0) is 33.5 Å². The Morgan fingerprint density at radius 2 is 1.65 bits per heavy atom. The summed E-state index contributed by atoms with van der Waals surface area (Å²) in [5.41, 5.74) is 8.29. The first kappa shape index (κ1) is 37.3. The van der Waals surface area contributed by atoms with Gasteiger partial charge in [0, 0.05) is 18.1 Å². The number of aliphatic hydroxyl groups excluding tert-OH is 5. The van der Waals surface area contributed by atoms with E-state index in [2.05, 4.69) is 19.2 Å². The summed E-state index contributed by atoms with van der Waals surface area (Å²) in [7, 11) is -4.97. The van der Waals surface area contributed by atoms with E-state index < -0.39 is 90.9 Å². The molecule has 0 aliphatic carbocycles. The fourth-order valence-corrected chi connectivity index (χ4v) is 4.37. The number of rotatable bonds is 15. The Bertz CT molecular complexity index is 936.